The van der Waals surface area contributed by atoms with Crippen molar-refractivity contribution in [1.29, 1.82) is 0 Å². The molecule has 0 radical (unpaired) electrons. The van der Waals surface area contributed by atoms with Crippen LogP contribution in [-0.4, -0.2) is 24.7 Å². The van der Waals surface area contributed by atoms with Crippen LogP contribution in [-0.2, 0) is 17.6 Å². The summed E-state index contributed by atoms with van der Waals surface area (Å²) >= 11 is 0. The Kier molecular flexibility index (Phi) is 4.15. The van der Waals surface area contributed by atoms with Gasteiger partial charge >= 0.3 is 5.97 Å². The van der Waals surface area contributed by atoms with Crippen LogP contribution in [0.1, 0.15) is 48.4 Å². The molecule has 0 amide bonds. The Bertz CT molecular complexity index is 541. The number of aryl methyl sites for hydroxylation is 1. The summed E-state index contributed by atoms with van der Waals surface area (Å²) in [5, 5.41) is 12.6. The highest BCUT2D eigenvalue weighted by Crippen LogP contribution is 2.39. The Balaban J connectivity index is 1.98. The summed E-state index contributed by atoms with van der Waals surface area (Å²) in [6, 6.07) is 4.34. The third-order valence-electron chi connectivity index (χ3n) is 4.84. The molecule has 4 nitrogen and oxygen atoms in total. The summed E-state index contributed by atoms with van der Waals surface area (Å²) in [7, 11) is 1.70. The Labute approximate surface area is 125 Å². The van der Waals surface area contributed by atoms with Gasteiger partial charge in [-0.2, -0.15) is 0 Å². The van der Waals surface area contributed by atoms with Gasteiger partial charge in [0.05, 0.1) is 13.0 Å². The molecule has 2 aliphatic rings. The van der Waals surface area contributed by atoms with Crippen molar-refractivity contribution in [3.63, 3.8) is 0 Å². The van der Waals surface area contributed by atoms with Crippen LogP contribution in [0.3, 0.4) is 0 Å². The van der Waals surface area contributed by atoms with Crippen molar-refractivity contribution in [3.8, 4) is 5.75 Å². The summed E-state index contributed by atoms with van der Waals surface area (Å²) in [6.07, 6.45) is 6.59. The number of fused-ring (bicyclic) bond motifs is 1. The quantitative estimate of drug-likeness (QED) is 0.840. The van der Waals surface area contributed by atoms with Gasteiger partial charge in [0.2, 0.25) is 0 Å². The van der Waals surface area contributed by atoms with Crippen molar-refractivity contribution in [1.82, 2.24) is 5.32 Å². The van der Waals surface area contributed by atoms with E-state index in [1.54, 1.807) is 7.11 Å². The number of nitrogens with one attached hydrogen (secondary N) is 1. The minimum atomic E-state index is -0.703. The Morgan fingerprint density at radius 2 is 2.10 bits per heavy atom. The van der Waals surface area contributed by atoms with Crippen molar-refractivity contribution >= 4 is 5.97 Å². The number of benzene rings is 1. The van der Waals surface area contributed by atoms with Gasteiger partial charge in [-0.05, 0) is 49.3 Å². The molecule has 3 rings (SSSR count). The third-order valence-corrected chi connectivity index (χ3v) is 4.84. The number of hydrogen-bond donors (Lipinski definition) is 2. The molecular formula is C17H23NO3. The number of rotatable bonds is 3. The first kappa shape index (κ1) is 14.4. The van der Waals surface area contributed by atoms with E-state index in [-0.39, 0.29) is 12.0 Å². The molecule has 2 unspecified atom stereocenters. The van der Waals surface area contributed by atoms with Crippen molar-refractivity contribution in [2.75, 3.05) is 13.7 Å². The van der Waals surface area contributed by atoms with Crippen LogP contribution in [0.25, 0.3) is 0 Å². The highest BCUT2D eigenvalue weighted by molar-refractivity contribution is 5.71. The van der Waals surface area contributed by atoms with Gasteiger partial charge in [0, 0.05) is 18.2 Å². The average molecular weight is 289 g/mol. The van der Waals surface area contributed by atoms with E-state index in [1.807, 2.05) is 0 Å². The molecule has 0 aromatic heterocycles. The van der Waals surface area contributed by atoms with Gasteiger partial charge in [-0.1, -0.05) is 12.5 Å². The van der Waals surface area contributed by atoms with Gasteiger partial charge in [-0.3, -0.25) is 4.79 Å². The molecule has 114 valence electrons. The van der Waals surface area contributed by atoms with Gasteiger partial charge in [0.15, 0.2) is 0 Å². The average Bonchev–Trinajstić information content (AvgIpc) is 2.85. The fourth-order valence-corrected chi connectivity index (χ4v) is 3.72. The largest absolute Gasteiger partial charge is 0.496 e. The predicted octanol–water partition coefficient (Wildman–Crippen LogP) is 2.70. The number of aliphatic carboxylic acids is 1. The van der Waals surface area contributed by atoms with E-state index >= 15 is 0 Å². The predicted molar refractivity (Wildman–Crippen MR) is 80.7 cm³/mol. The summed E-state index contributed by atoms with van der Waals surface area (Å²) in [5.74, 6) is -0.0912. The first-order valence-electron chi connectivity index (χ1n) is 7.85. The first-order chi connectivity index (χ1) is 10.2. The van der Waals surface area contributed by atoms with Crippen LogP contribution in [0.4, 0.5) is 0 Å². The molecule has 1 aliphatic heterocycles. The fraction of sp³-hybridized carbons (Fsp3) is 0.588. The Morgan fingerprint density at radius 3 is 2.81 bits per heavy atom. The molecule has 1 saturated heterocycles. The van der Waals surface area contributed by atoms with Gasteiger partial charge in [-0.15, -0.1) is 0 Å². The van der Waals surface area contributed by atoms with Crippen molar-refractivity contribution < 1.29 is 14.6 Å². The highest BCUT2D eigenvalue weighted by atomic mass is 16.5. The molecule has 1 aromatic rings. The Hall–Kier alpha value is -1.55. The maximum absolute atomic E-state index is 11.2. The molecule has 2 N–H and O–H groups in total. The van der Waals surface area contributed by atoms with Crippen LogP contribution in [0.5, 0.6) is 5.75 Å². The van der Waals surface area contributed by atoms with E-state index in [1.165, 1.54) is 36.0 Å². The molecule has 4 heteroatoms. The number of carboxylic acid groups (broad SMARTS) is 1. The normalized spacial score (nSPS) is 25.2. The highest BCUT2D eigenvalue weighted by Gasteiger charge is 2.33. The van der Waals surface area contributed by atoms with E-state index < -0.39 is 5.97 Å². The van der Waals surface area contributed by atoms with E-state index in [2.05, 4.69) is 17.4 Å². The molecule has 2 atom stereocenters. The topological polar surface area (TPSA) is 58.6 Å². The van der Waals surface area contributed by atoms with Crippen LogP contribution in [0, 0.1) is 5.92 Å². The molecule has 0 bridgehead atoms. The molecule has 21 heavy (non-hydrogen) atoms. The van der Waals surface area contributed by atoms with Gasteiger partial charge in [-0.25, -0.2) is 0 Å². The van der Waals surface area contributed by atoms with Crippen molar-refractivity contribution in [2.45, 2.75) is 44.6 Å². The van der Waals surface area contributed by atoms with E-state index in [4.69, 9.17) is 4.74 Å². The van der Waals surface area contributed by atoms with Crippen LogP contribution < -0.4 is 10.1 Å². The summed E-state index contributed by atoms with van der Waals surface area (Å²) in [4.78, 5) is 11.2. The zero-order valence-electron chi connectivity index (χ0n) is 12.5. The molecule has 1 fully saturated rings. The van der Waals surface area contributed by atoms with Crippen molar-refractivity contribution in [3.05, 3.63) is 28.8 Å². The molecule has 0 saturated carbocycles. The number of carbonyl (C=O) groups is 1. The van der Waals surface area contributed by atoms with Gasteiger partial charge < -0.3 is 15.2 Å². The zero-order chi connectivity index (χ0) is 14.8. The van der Waals surface area contributed by atoms with E-state index in [0.717, 1.165) is 18.6 Å². The molecule has 1 heterocycles. The maximum atomic E-state index is 11.2. The van der Waals surface area contributed by atoms with Gasteiger partial charge in [0.25, 0.3) is 0 Å². The van der Waals surface area contributed by atoms with E-state index in [9.17, 15) is 9.90 Å². The lowest BCUT2D eigenvalue weighted by molar-refractivity contribution is -0.141. The SMILES string of the molecule is COc1ccc2c(c1C1CC(C(=O)O)CN1)CCCCC2. The standard InChI is InChI=1S/C17H23NO3/c1-21-15-8-7-11-5-3-2-4-6-13(11)16(15)14-9-12(10-18-14)17(19)20/h7-8,12,14,18H,2-6,9-10H2,1H3,(H,19,20). The third kappa shape index (κ3) is 2.77. The van der Waals surface area contributed by atoms with E-state index in [0.29, 0.717) is 13.0 Å². The zero-order valence-corrected chi connectivity index (χ0v) is 12.5. The first-order valence-corrected chi connectivity index (χ1v) is 7.85. The van der Waals surface area contributed by atoms with Crippen molar-refractivity contribution in [2.24, 2.45) is 5.92 Å². The van der Waals surface area contributed by atoms with Crippen LogP contribution in [0.15, 0.2) is 12.1 Å². The van der Waals surface area contributed by atoms with Crippen LogP contribution in [0.2, 0.25) is 0 Å². The second-order valence-electron chi connectivity index (χ2n) is 6.11. The van der Waals surface area contributed by atoms with Gasteiger partial charge in [0.1, 0.15) is 5.75 Å². The lowest BCUT2D eigenvalue weighted by Crippen LogP contribution is -2.18. The molecule has 1 aliphatic carbocycles. The van der Waals surface area contributed by atoms with Crippen LogP contribution >= 0.6 is 0 Å². The second-order valence-corrected chi connectivity index (χ2v) is 6.11. The monoisotopic (exact) mass is 289 g/mol. The molecule has 1 aromatic carbocycles. The Morgan fingerprint density at radius 1 is 1.29 bits per heavy atom. The number of carboxylic acids is 1. The lowest BCUT2D eigenvalue weighted by atomic mass is 9.90. The minimum Gasteiger partial charge on any atom is -0.496 e. The molecule has 0 spiro atoms. The summed E-state index contributed by atoms with van der Waals surface area (Å²) in [5.41, 5.74) is 4.03. The maximum Gasteiger partial charge on any atom is 0.307 e. The molecular weight excluding hydrogens is 266 g/mol. The summed E-state index contributed by atoms with van der Waals surface area (Å²) < 4.78 is 5.57. The smallest absolute Gasteiger partial charge is 0.307 e. The fourth-order valence-electron chi connectivity index (χ4n) is 3.72. The second kappa shape index (κ2) is 6.06. The summed E-state index contributed by atoms with van der Waals surface area (Å²) in [6.45, 7) is 0.548. The number of methoxy groups -OCH3 is 1. The minimum absolute atomic E-state index is 0.106. The number of ether oxygens (including phenoxy) is 1. The lowest BCUT2D eigenvalue weighted by Gasteiger charge is -2.21. The number of hydrogen-bond acceptors (Lipinski definition) is 3.